The minimum Gasteiger partial charge on any atom is -0.379 e. The fourth-order valence-electron chi connectivity index (χ4n) is 3.37. The molecular formula is C28H37N3O6. The first-order valence-corrected chi connectivity index (χ1v) is 12.6. The molecule has 2 aromatic rings. The second-order valence-electron chi connectivity index (χ2n) is 9.19. The maximum absolute atomic E-state index is 12.8. The molecule has 0 saturated carbocycles. The SMILES string of the molecule is CCCC(=O)CCOCC(COCCC(C)=O)NC(=O)c1ccc(-c2ccc(C(=O)C(C)C)cn2)cn1. The van der Waals surface area contributed by atoms with Gasteiger partial charge in [0.2, 0.25) is 0 Å². The number of pyridine rings is 2. The molecule has 2 rings (SSSR count). The molecule has 0 bridgehead atoms. The lowest BCUT2D eigenvalue weighted by Crippen LogP contribution is -2.42. The van der Waals surface area contributed by atoms with Crippen molar-refractivity contribution in [2.45, 2.75) is 59.4 Å². The molecule has 37 heavy (non-hydrogen) atoms. The van der Waals surface area contributed by atoms with E-state index < -0.39 is 11.9 Å². The van der Waals surface area contributed by atoms with Gasteiger partial charge in [-0.3, -0.25) is 29.1 Å². The molecule has 0 aliphatic rings. The van der Waals surface area contributed by atoms with Crippen molar-refractivity contribution in [2.75, 3.05) is 26.4 Å². The molecule has 9 nitrogen and oxygen atoms in total. The average Bonchev–Trinajstić information content (AvgIpc) is 2.88. The summed E-state index contributed by atoms with van der Waals surface area (Å²) in [6.07, 6.45) is 5.03. The van der Waals surface area contributed by atoms with Crippen LogP contribution < -0.4 is 5.32 Å². The topological polar surface area (TPSA) is 125 Å². The molecule has 0 aromatic carbocycles. The second kappa shape index (κ2) is 15.7. The summed E-state index contributed by atoms with van der Waals surface area (Å²) < 4.78 is 11.2. The van der Waals surface area contributed by atoms with Gasteiger partial charge in [0.05, 0.1) is 38.2 Å². The quantitative estimate of drug-likeness (QED) is 0.251. The van der Waals surface area contributed by atoms with Crippen molar-refractivity contribution < 1.29 is 28.7 Å². The largest absolute Gasteiger partial charge is 0.379 e. The fraction of sp³-hybridized carbons (Fsp3) is 0.500. The lowest BCUT2D eigenvalue weighted by atomic mass is 10.0. The molecule has 0 aliphatic heterocycles. The third kappa shape index (κ3) is 10.7. The smallest absolute Gasteiger partial charge is 0.270 e. The first kappa shape index (κ1) is 29.9. The van der Waals surface area contributed by atoms with Gasteiger partial charge in [-0.2, -0.15) is 0 Å². The van der Waals surface area contributed by atoms with Crippen molar-refractivity contribution in [2.24, 2.45) is 5.92 Å². The summed E-state index contributed by atoms with van der Waals surface area (Å²) >= 11 is 0. The molecule has 0 spiro atoms. The van der Waals surface area contributed by atoms with Crippen LogP contribution >= 0.6 is 0 Å². The van der Waals surface area contributed by atoms with E-state index in [0.717, 1.165) is 6.42 Å². The van der Waals surface area contributed by atoms with Crippen LogP contribution in [-0.2, 0) is 19.1 Å². The lowest BCUT2D eigenvalue weighted by Gasteiger charge is -2.19. The number of carbonyl (C=O) groups excluding carboxylic acids is 4. The number of hydrogen-bond acceptors (Lipinski definition) is 8. The fourth-order valence-corrected chi connectivity index (χ4v) is 3.37. The van der Waals surface area contributed by atoms with Gasteiger partial charge in [0.15, 0.2) is 5.78 Å². The Hall–Kier alpha value is -3.30. The van der Waals surface area contributed by atoms with E-state index in [2.05, 4.69) is 15.3 Å². The Labute approximate surface area is 218 Å². The van der Waals surface area contributed by atoms with Gasteiger partial charge in [0.1, 0.15) is 17.3 Å². The predicted octanol–water partition coefficient (Wildman–Crippen LogP) is 3.85. The highest BCUT2D eigenvalue weighted by Gasteiger charge is 2.17. The Bertz CT molecular complexity index is 1030. The molecule has 0 aliphatic carbocycles. The Morgan fingerprint density at radius 2 is 1.59 bits per heavy atom. The second-order valence-corrected chi connectivity index (χ2v) is 9.19. The molecule has 1 atom stereocenters. The first-order chi connectivity index (χ1) is 17.7. The lowest BCUT2D eigenvalue weighted by molar-refractivity contribution is -0.120. The summed E-state index contributed by atoms with van der Waals surface area (Å²) in [5, 5.41) is 2.85. The Morgan fingerprint density at radius 1 is 0.892 bits per heavy atom. The van der Waals surface area contributed by atoms with E-state index in [9.17, 15) is 19.2 Å². The van der Waals surface area contributed by atoms with Crippen molar-refractivity contribution in [1.82, 2.24) is 15.3 Å². The molecule has 2 heterocycles. The zero-order valence-corrected chi connectivity index (χ0v) is 22.1. The number of aromatic nitrogens is 2. The maximum Gasteiger partial charge on any atom is 0.270 e. The van der Waals surface area contributed by atoms with Crippen molar-refractivity contribution >= 4 is 23.3 Å². The normalized spacial score (nSPS) is 11.8. The monoisotopic (exact) mass is 511 g/mol. The Morgan fingerprint density at radius 3 is 2.14 bits per heavy atom. The van der Waals surface area contributed by atoms with E-state index in [1.54, 1.807) is 36.7 Å². The van der Waals surface area contributed by atoms with Gasteiger partial charge in [-0.15, -0.1) is 0 Å². The van der Waals surface area contributed by atoms with E-state index in [4.69, 9.17) is 9.47 Å². The van der Waals surface area contributed by atoms with Gasteiger partial charge in [0.25, 0.3) is 5.91 Å². The van der Waals surface area contributed by atoms with Gasteiger partial charge in [-0.05, 0) is 37.6 Å². The zero-order valence-electron chi connectivity index (χ0n) is 22.1. The van der Waals surface area contributed by atoms with E-state index in [-0.39, 0.29) is 61.8 Å². The molecule has 1 unspecified atom stereocenters. The highest BCUT2D eigenvalue weighted by molar-refractivity contribution is 5.97. The summed E-state index contributed by atoms with van der Waals surface area (Å²) in [4.78, 5) is 56.4. The summed E-state index contributed by atoms with van der Waals surface area (Å²) in [5.41, 5.74) is 2.12. The molecule has 1 N–H and O–H groups in total. The molecule has 0 fully saturated rings. The number of hydrogen-bond donors (Lipinski definition) is 1. The van der Waals surface area contributed by atoms with Crippen LogP contribution in [0.15, 0.2) is 36.7 Å². The van der Waals surface area contributed by atoms with E-state index >= 15 is 0 Å². The first-order valence-electron chi connectivity index (χ1n) is 12.6. The van der Waals surface area contributed by atoms with Crippen LogP contribution in [0.5, 0.6) is 0 Å². The molecule has 0 radical (unpaired) electrons. The van der Waals surface area contributed by atoms with Crippen LogP contribution in [0.4, 0.5) is 0 Å². The van der Waals surface area contributed by atoms with Crippen molar-refractivity contribution in [3.63, 3.8) is 0 Å². The molecular weight excluding hydrogens is 474 g/mol. The van der Waals surface area contributed by atoms with Gasteiger partial charge in [-0.1, -0.05) is 20.8 Å². The van der Waals surface area contributed by atoms with Crippen LogP contribution in [0.3, 0.4) is 0 Å². The van der Waals surface area contributed by atoms with Crippen LogP contribution in [0.25, 0.3) is 11.3 Å². The van der Waals surface area contributed by atoms with Gasteiger partial charge in [-0.25, -0.2) is 0 Å². The molecule has 0 saturated heterocycles. The number of nitrogens with zero attached hydrogens (tertiary/aromatic N) is 2. The minimum absolute atomic E-state index is 0.0196. The molecule has 200 valence electrons. The van der Waals surface area contributed by atoms with Crippen molar-refractivity contribution in [1.29, 1.82) is 0 Å². The summed E-state index contributed by atoms with van der Waals surface area (Å²) in [5.74, 6) is -0.319. The maximum atomic E-state index is 12.8. The zero-order chi connectivity index (χ0) is 27.2. The minimum atomic E-state index is -0.477. The number of rotatable bonds is 17. The number of nitrogens with one attached hydrogen (secondary N) is 1. The van der Waals surface area contributed by atoms with Crippen LogP contribution in [0, 0.1) is 5.92 Å². The predicted molar refractivity (Wildman–Crippen MR) is 139 cm³/mol. The standard InChI is InChI=1S/C28H37N3O6/c1-5-6-24(33)12-14-37-18-23(17-36-13-11-20(4)32)31-28(35)26-10-7-21(15-30-26)25-9-8-22(16-29-25)27(34)19(2)3/h7-10,15-16,19,23H,5-6,11-14,17-18H2,1-4H3,(H,31,35). The van der Waals surface area contributed by atoms with Crippen LogP contribution in [0.2, 0.25) is 0 Å². The van der Waals surface area contributed by atoms with Crippen molar-refractivity contribution in [3.8, 4) is 11.3 Å². The van der Waals surface area contributed by atoms with Gasteiger partial charge in [0, 0.05) is 48.7 Å². The summed E-state index contributed by atoms with van der Waals surface area (Å²) in [6.45, 7) is 7.95. The average molecular weight is 512 g/mol. The van der Waals surface area contributed by atoms with E-state index in [1.807, 2.05) is 20.8 Å². The Balaban J connectivity index is 1.97. The highest BCUT2D eigenvalue weighted by Crippen LogP contribution is 2.17. The molecule has 9 heteroatoms. The number of ketones is 3. The molecule has 2 aromatic heterocycles. The van der Waals surface area contributed by atoms with Crippen molar-refractivity contribution in [3.05, 3.63) is 47.9 Å². The number of carbonyl (C=O) groups is 4. The summed E-state index contributed by atoms with van der Waals surface area (Å²) in [7, 11) is 0. The third-order valence-electron chi connectivity index (χ3n) is 5.49. The Kier molecular flexibility index (Phi) is 12.7. The molecule has 1 amide bonds. The number of Topliss-reactive ketones (excluding diaryl/α,β-unsaturated/α-hetero) is 3. The third-order valence-corrected chi connectivity index (χ3v) is 5.49. The number of ether oxygens (including phenoxy) is 2. The van der Waals surface area contributed by atoms with Gasteiger partial charge < -0.3 is 14.8 Å². The van der Waals surface area contributed by atoms with Gasteiger partial charge >= 0.3 is 0 Å². The van der Waals surface area contributed by atoms with E-state index in [0.29, 0.717) is 29.7 Å². The number of amides is 1. The van der Waals surface area contributed by atoms with Crippen LogP contribution in [-0.4, -0.2) is 65.7 Å². The van der Waals surface area contributed by atoms with Crippen LogP contribution in [0.1, 0.15) is 74.2 Å². The highest BCUT2D eigenvalue weighted by atomic mass is 16.5. The summed E-state index contributed by atoms with van der Waals surface area (Å²) in [6, 6.07) is 6.34. The van der Waals surface area contributed by atoms with E-state index in [1.165, 1.54) is 6.92 Å².